The third-order valence-electron chi connectivity index (χ3n) is 4.00. The van der Waals surface area contributed by atoms with Crippen LogP contribution in [0.15, 0.2) is 44.4 Å². The molecule has 2 aromatic rings. The van der Waals surface area contributed by atoms with E-state index in [9.17, 15) is 26.4 Å². The molecule has 0 atom stereocenters. The first-order chi connectivity index (χ1) is 13.1. The minimum Gasteiger partial charge on any atom is -0.406 e. The molecule has 1 aliphatic rings. The van der Waals surface area contributed by atoms with Gasteiger partial charge in [-0.3, -0.25) is 4.79 Å². The van der Waals surface area contributed by atoms with E-state index in [0.29, 0.717) is 3.79 Å². The monoisotopic (exact) mass is 498 g/mol. The van der Waals surface area contributed by atoms with Crippen LogP contribution in [-0.4, -0.2) is 56.1 Å². The van der Waals surface area contributed by atoms with Crippen LogP contribution in [0.3, 0.4) is 0 Å². The fourth-order valence-electron chi connectivity index (χ4n) is 2.68. The molecule has 1 saturated heterocycles. The Hall–Kier alpha value is -1.63. The summed E-state index contributed by atoms with van der Waals surface area (Å²) in [5.41, 5.74) is 0.202. The summed E-state index contributed by atoms with van der Waals surface area (Å²) in [4.78, 5) is 14.0. The number of sulfonamides is 1. The van der Waals surface area contributed by atoms with Gasteiger partial charge in [0.25, 0.3) is 15.9 Å². The quantitative estimate of drug-likeness (QED) is 0.646. The first-order valence-corrected chi connectivity index (χ1v) is 11.0. The zero-order chi connectivity index (χ0) is 20.5. The minimum atomic E-state index is -4.80. The molecule has 152 valence electrons. The van der Waals surface area contributed by atoms with E-state index < -0.39 is 22.1 Å². The van der Waals surface area contributed by atoms with Crippen LogP contribution in [0.25, 0.3) is 0 Å². The second kappa shape index (κ2) is 8.01. The second-order valence-corrected chi connectivity index (χ2v) is 10.5. The molecule has 0 saturated carbocycles. The number of piperazine rings is 1. The van der Waals surface area contributed by atoms with Gasteiger partial charge in [0.15, 0.2) is 0 Å². The van der Waals surface area contributed by atoms with E-state index in [0.717, 1.165) is 23.5 Å². The summed E-state index contributed by atoms with van der Waals surface area (Å²) in [5.74, 6) is -0.795. The average Bonchev–Trinajstić information content (AvgIpc) is 3.08. The number of halogens is 4. The molecular formula is C16H14BrF3N2O4S2. The lowest BCUT2D eigenvalue weighted by Gasteiger charge is -2.33. The van der Waals surface area contributed by atoms with Gasteiger partial charge in [-0.2, -0.15) is 4.31 Å². The van der Waals surface area contributed by atoms with E-state index in [4.69, 9.17) is 0 Å². The SMILES string of the molecule is O=C(c1ccc(OC(F)(F)F)cc1)N1CCN(S(=O)(=O)c2ccc(Br)s2)CC1. The highest BCUT2D eigenvalue weighted by molar-refractivity contribution is 9.11. The van der Waals surface area contributed by atoms with E-state index in [1.165, 1.54) is 27.4 Å². The summed E-state index contributed by atoms with van der Waals surface area (Å²) in [6.45, 7) is 0.647. The highest BCUT2D eigenvalue weighted by atomic mass is 79.9. The number of ether oxygens (including phenoxy) is 1. The fraction of sp³-hybridized carbons (Fsp3) is 0.312. The van der Waals surface area contributed by atoms with Gasteiger partial charge in [0.1, 0.15) is 9.96 Å². The van der Waals surface area contributed by atoms with Gasteiger partial charge in [-0.15, -0.1) is 24.5 Å². The van der Waals surface area contributed by atoms with Crippen molar-refractivity contribution in [2.24, 2.45) is 0 Å². The van der Waals surface area contributed by atoms with Crippen molar-refractivity contribution in [3.8, 4) is 5.75 Å². The lowest BCUT2D eigenvalue weighted by Crippen LogP contribution is -2.50. The summed E-state index contributed by atoms with van der Waals surface area (Å²) in [5, 5.41) is 0. The molecule has 0 aliphatic carbocycles. The van der Waals surface area contributed by atoms with E-state index in [-0.39, 0.29) is 41.9 Å². The number of hydrogen-bond donors (Lipinski definition) is 0. The van der Waals surface area contributed by atoms with Crippen molar-refractivity contribution < 1.29 is 31.1 Å². The van der Waals surface area contributed by atoms with Crippen LogP contribution in [0.4, 0.5) is 13.2 Å². The van der Waals surface area contributed by atoms with Crippen molar-refractivity contribution in [1.29, 1.82) is 0 Å². The maximum Gasteiger partial charge on any atom is 0.573 e. The molecule has 1 fully saturated rings. The van der Waals surface area contributed by atoms with Crippen LogP contribution in [0.1, 0.15) is 10.4 Å². The van der Waals surface area contributed by atoms with Gasteiger partial charge in [-0.25, -0.2) is 8.42 Å². The molecule has 1 aromatic heterocycles. The van der Waals surface area contributed by atoms with Gasteiger partial charge >= 0.3 is 6.36 Å². The van der Waals surface area contributed by atoms with Crippen molar-refractivity contribution in [2.75, 3.05) is 26.2 Å². The molecule has 2 heterocycles. The van der Waals surface area contributed by atoms with Crippen LogP contribution in [0, 0.1) is 0 Å². The summed E-state index contributed by atoms with van der Waals surface area (Å²) >= 11 is 4.35. The van der Waals surface area contributed by atoms with Gasteiger partial charge in [0.05, 0.1) is 3.79 Å². The van der Waals surface area contributed by atoms with Gasteiger partial charge in [-0.05, 0) is 52.3 Å². The van der Waals surface area contributed by atoms with Crippen LogP contribution >= 0.6 is 27.3 Å². The first kappa shape index (κ1) is 21.1. The zero-order valence-corrected chi connectivity index (χ0v) is 17.4. The van der Waals surface area contributed by atoms with Crippen LogP contribution in [0.5, 0.6) is 5.75 Å². The number of alkyl halides is 3. The number of carbonyl (C=O) groups is 1. The highest BCUT2D eigenvalue weighted by Crippen LogP contribution is 2.29. The zero-order valence-electron chi connectivity index (χ0n) is 14.1. The maximum atomic E-state index is 12.6. The van der Waals surface area contributed by atoms with E-state index in [1.54, 1.807) is 6.07 Å². The van der Waals surface area contributed by atoms with E-state index in [2.05, 4.69) is 20.7 Å². The normalized spacial score (nSPS) is 16.2. The predicted octanol–water partition coefficient (Wildman–Crippen LogP) is 3.56. The smallest absolute Gasteiger partial charge is 0.406 e. The Morgan fingerprint density at radius 3 is 2.14 bits per heavy atom. The Morgan fingerprint density at radius 2 is 1.64 bits per heavy atom. The largest absolute Gasteiger partial charge is 0.573 e. The lowest BCUT2D eigenvalue weighted by atomic mass is 10.2. The summed E-state index contributed by atoms with van der Waals surface area (Å²) < 4.78 is 67.8. The molecule has 28 heavy (non-hydrogen) atoms. The van der Waals surface area contributed by atoms with Crippen LogP contribution in [0.2, 0.25) is 0 Å². The first-order valence-electron chi connectivity index (χ1n) is 7.97. The maximum absolute atomic E-state index is 12.6. The van der Waals surface area contributed by atoms with Gasteiger partial charge in [0, 0.05) is 31.7 Å². The molecule has 3 rings (SSSR count). The average molecular weight is 499 g/mol. The molecule has 12 heteroatoms. The Labute approximate surface area is 171 Å². The third kappa shape index (κ3) is 4.85. The van der Waals surface area contributed by atoms with Gasteiger partial charge in [0.2, 0.25) is 0 Å². The number of amides is 1. The molecule has 6 nitrogen and oxygen atoms in total. The van der Waals surface area contributed by atoms with Gasteiger partial charge in [-0.1, -0.05) is 0 Å². The molecule has 1 amide bonds. The molecular weight excluding hydrogens is 485 g/mol. The van der Waals surface area contributed by atoms with Crippen LogP contribution < -0.4 is 4.74 Å². The summed E-state index contributed by atoms with van der Waals surface area (Å²) in [6, 6.07) is 7.80. The topological polar surface area (TPSA) is 66.9 Å². The predicted molar refractivity (Wildman–Crippen MR) is 99.8 cm³/mol. The van der Waals surface area contributed by atoms with Gasteiger partial charge < -0.3 is 9.64 Å². The Balaban J connectivity index is 1.62. The second-order valence-electron chi connectivity index (χ2n) is 5.83. The summed E-state index contributed by atoms with van der Waals surface area (Å²) in [6.07, 6.45) is -4.80. The number of thiophene rings is 1. The number of hydrogen-bond acceptors (Lipinski definition) is 5. The Bertz CT molecular complexity index is 953. The van der Waals surface area contributed by atoms with Crippen molar-refractivity contribution in [3.05, 3.63) is 45.7 Å². The number of nitrogens with zero attached hydrogens (tertiary/aromatic N) is 2. The lowest BCUT2D eigenvalue weighted by molar-refractivity contribution is -0.274. The molecule has 0 radical (unpaired) electrons. The van der Waals surface area contributed by atoms with Crippen LogP contribution in [-0.2, 0) is 10.0 Å². The van der Waals surface area contributed by atoms with Crippen molar-refractivity contribution in [2.45, 2.75) is 10.6 Å². The molecule has 0 unspecified atom stereocenters. The fourth-order valence-corrected chi connectivity index (χ4v) is 6.26. The number of rotatable bonds is 4. The molecule has 0 N–H and O–H groups in total. The third-order valence-corrected chi connectivity index (χ3v) is 7.99. The number of benzene rings is 1. The standard InChI is InChI=1S/C16H14BrF3N2O4S2/c17-13-5-6-14(27-13)28(24,25)22-9-7-21(8-10-22)15(23)11-1-3-12(4-2-11)26-16(18,19)20/h1-6H,7-10H2. The molecule has 1 aromatic carbocycles. The summed E-state index contributed by atoms with van der Waals surface area (Å²) in [7, 11) is -3.62. The molecule has 0 bridgehead atoms. The Kier molecular flexibility index (Phi) is 6.03. The van der Waals surface area contributed by atoms with Crippen molar-refractivity contribution >= 4 is 43.2 Å². The molecule has 0 spiro atoms. The minimum absolute atomic E-state index is 0.138. The van der Waals surface area contributed by atoms with E-state index in [1.807, 2.05) is 0 Å². The van der Waals surface area contributed by atoms with E-state index >= 15 is 0 Å². The highest BCUT2D eigenvalue weighted by Gasteiger charge is 2.32. The van der Waals surface area contributed by atoms with Crippen molar-refractivity contribution in [3.63, 3.8) is 0 Å². The Morgan fingerprint density at radius 1 is 1.04 bits per heavy atom. The number of carbonyl (C=O) groups excluding carboxylic acids is 1. The van der Waals surface area contributed by atoms with Crippen molar-refractivity contribution in [1.82, 2.24) is 9.21 Å². The molecule has 1 aliphatic heterocycles.